The highest BCUT2D eigenvalue weighted by Crippen LogP contribution is 2.31. The second-order valence-corrected chi connectivity index (χ2v) is 4.16. The number of carbonyl (C=O) groups excluding carboxylic acids is 1. The number of alkyl halides is 3. The molecule has 0 aliphatic heterocycles. The van der Waals surface area contributed by atoms with Crippen LogP contribution in [-0.4, -0.2) is 10.8 Å². The Hall–Kier alpha value is -2.24. The van der Waals surface area contributed by atoms with E-state index in [2.05, 4.69) is 4.98 Å². The van der Waals surface area contributed by atoms with Crippen molar-refractivity contribution in [1.82, 2.24) is 4.98 Å². The van der Waals surface area contributed by atoms with E-state index in [9.17, 15) is 22.4 Å². The van der Waals surface area contributed by atoms with Gasteiger partial charge in [0.05, 0.1) is 5.56 Å². The van der Waals surface area contributed by atoms with E-state index in [1.165, 1.54) is 18.3 Å². The van der Waals surface area contributed by atoms with Gasteiger partial charge >= 0.3 is 6.18 Å². The number of carbonyl (C=O) groups is 1. The topological polar surface area (TPSA) is 30.0 Å². The Morgan fingerprint density at radius 1 is 1.20 bits per heavy atom. The van der Waals surface area contributed by atoms with Crippen LogP contribution in [0.25, 0.3) is 0 Å². The van der Waals surface area contributed by atoms with Gasteiger partial charge in [-0.2, -0.15) is 13.2 Å². The van der Waals surface area contributed by atoms with Gasteiger partial charge in [-0.05, 0) is 31.2 Å². The minimum Gasteiger partial charge on any atom is -0.289 e. The fraction of sp³-hybridized carbons (Fsp3) is 0.143. The normalized spacial score (nSPS) is 11.4. The molecule has 0 saturated carbocycles. The van der Waals surface area contributed by atoms with E-state index < -0.39 is 23.3 Å². The van der Waals surface area contributed by atoms with Crippen molar-refractivity contribution >= 4 is 5.78 Å². The lowest BCUT2D eigenvalue weighted by Gasteiger charge is -2.09. The molecule has 0 aliphatic carbocycles. The van der Waals surface area contributed by atoms with E-state index in [-0.39, 0.29) is 11.1 Å². The molecule has 0 bridgehead atoms. The Morgan fingerprint density at radius 2 is 1.90 bits per heavy atom. The van der Waals surface area contributed by atoms with E-state index >= 15 is 0 Å². The van der Waals surface area contributed by atoms with Crippen molar-refractivity contribution in [2.45, 2.75) is 13.1 Å². The first-order chi connectivity index (χ1) is 9.30. The molecule has 0 radical (unpaired) electrons. The highest BCUT2D eigenvalue weighted by Gasteiger charge is 2.34. The van der Waals surface area contributed by atoms with E-state index in [0.29, 0.717) is 17.8 Å². The van der Waals surface area contributed by atoms with Crippen LogP contribution in [0.4, 0.5) is 17.6 Å². The maximum atomic E-state index is 13.4. The van der Waals surface area contributed by atoms with Gasteiger partial charge in [0, 0.05) is 23.0 Å². The van der Waals surface area contributed by atoms with Gasteiger partial charge in [0.2, 0.25) is 0 Å². The lowest BCUT2D eigenvalue weighted by atomic mass is 10.0. The molecule has 0 atom stereocenters. The minimum absolute atomic E-state index is 0.147. The first-order valence-electron chi connectivity index (χ1n) is 5.64. The number of nitrogens with zero attached hydrogens (tertiary/aromatic N) is 1. The molecule has 1 aromatic heterocycles. The van der Waals surface area contributed by atoms with Crippen LogP contribution in [0, 0.1) is 12.7 Å². The molecule has 1 heterocycles. The summed E-state index contributed by atoms with van der Waals surface area (Å²) in [6.45, 7) is 1.59. The summed E-state index contributed by atoms with van der Waals surface area (Å²) in [5, 5.41) is 0. The molecule has 0 N–H and O–H groups in total. The van der Waals surface area contributed by atoms with E-state index in [0.717, 1.165) is 6.07 Å². The Labute approximate surface area is 112 Å². The molecule has 0 aliphatic rings. The molecule has 6 heteroatoms. The molecule has 0 saturated heterocycles. The molecule has 104 valence electrons. The zero-order chi connectivity index (χ0) is 14.9. The number of hydrogen-bond acceptors (Lipinski definition) is 2. The smallest absolute Gasteiger partial charge is 0.289 e. The minimum atomic E-state index is -4.78. The number of ketones is 1. The maximum absolute atomic E-state index is 13.4. The van der Waals surface area contributed by atoms with Crippen molar-refractivity contribution in [3.05, 3.63) is 64.7 Å². The summed E-state index contributed by atoms with van der Waals surface area (Å²) in [5.41, 5.74) is -0.881. The Balaban J connectivity index is 2.43. The monoisotopic (exact) mass is 283 g/mol. The van der Waals surface area contributed by atoms with Crippen molar-refractivity contribution in [2.24, 2.45) is 0 Å². The second-order valence-electron chi connectivity index (χ2n) is 4.16. The van der Waals surface area contributed by atoms with Gasteiger partial charge in [-0.25, -0.2) is 4.39 Å². The van der Waals surface area contributed by atoms with Gasteiger partial charge in [0.1, 0.15) is 5.82 Å². The summed E-state index contributed by atoms with van der Waals surface area (Å²) in [7, 11) is 0. The maximum Gasteiger partial charge on any atom is 0.419 e. The van der Waals surface area contributed by atoms with Gasteiger partial charge in [0.15, 0.2) is 5.78 Å². The van der Waals surface area contributed by atoms with Crippen LogP contribution in [0.3, 0.4) is 0 Å². The Morgan fingerprint density at radius 3 is 2.45 bits per heavy atom. The fourth-order valence-corrected chi connectivity index (χ4v) is 1.77. The highest BCUT2D eigenvalue weighted by molar-refractivity contribution is 6.09. The van der Waals surface area contributed by atoms with Crippen molar-refractivity contribution < 1.29 is 22.4 Å². The second kappa shape index (κ2) is 5.03. The van der Waals surface area contributed by atoms with Crippen molar-refractivity contribution in [1.29, 1.82) is 0 Å². The van der Waals surface area contributed by atoms with Crippen LogP contribution >= 0.6 is 0 Å². The predicted molar refractivity (Wildman–Crippen MR) is 63.8 cm³/mol. The van der Waals surface area contributed by atoms with E-state index in [1.807, 2.05) is 0 Å². The van der Waals surface area contributed by atoms with Gasteiger partial charge < -0.3 is 0 Å². The van der Waals surface area contributed by atoms with Gasteiger partial charge in [0.25, 0.3) is 0 Å². The van der Waals surface area contributed by atoms with Crippen LogP contribution in [0.2, 0.25) is 0 Å². The van der Waals surface area contributed by atoms with Crippen LogP contribution in [0.15, 0.2) is 36.5 Å². The Bertz CT molecular complexity index is 664. The standard InChI is InChI=1S/C14H9F4NO/c1-8-10(3-2-6-19-8)13(20)9-4-5-11(12(15)7-9)14(16,17)18/h2-7H,1H3. The lowest BCUT2D eigenvalue weighted by molar-refractivity contribution is -0.140. The third kappa shape index (κ3) is 2.68. The van der Waals surface area contributed by atoms with Gasteiger partial charge in [-0.1, -0.05) is 6.07 Å². The quantitative estimate of drug-likeness (QED) is 0.620. The SMILES string of the molecule is Cc1ncccc1C(=O)c1ccc(C(F)(F)F)c(F)c1. The van der Waals surface area contributed by atoms with Crippen molar-refractivity contribution in [3.63, 3.8) is 0 Å². The summed E-state index contributed by atoms with van der Waals surface area (Å²) in [6, 6.07) is 5.13. The highest BCUT2D eigenvalue weighted by atomic mass is 19.4. The predicted octanol–water partition coefficient (Wildman–Crippen LogP) is 3.78. The molecule has 2 nitrogen and oxygen atoms in total. The number of rotatable bonds is 2. The molecule has 2 aromatic rings. The number of benzene rings is 1. The van der Waals surface area contributed by atoms with Crippen LogP contribution in [0.1, 0.15) is 27.2 Å². The first kappa shape index (κ1) is 14.2. The largest absolute Gasteiger partial charge is 0.419 e. The molecule has 1 aromatic carbocycles. The summed E-state index contributed by atoms with van der Waals surface area (Å²) in [4.78, 5) is 16.0. The number of aryl methyl sites for hydroxylation is 1. The molecule has 0 spiro atoms. The fourth-order valence-electron chi connectivity index (χ4n) is 1.77. The molecule has 0 fully saturated rings. The molecule has 2 rings (SSSR count). The van der Waals surface area contributed by atoms with Crippen LogP contribution in [0.5, 0.6) is 0 Å². The van der Waals surface area contributed by atoms with Crippen molar-refractivity contribution in [3.8, 4) is 0 Å². The number of hydrogen-bond donors (Lipinski definition) is 0. The summed E-state index contributed by atoms with van der Waals surface area (Å²) in [5.74, 6) is -2.03. The van der Waals surface area contributed by atoms with E-state index in [1.54, 1.807) is 6.92 Å². The number of aromatic nitrogens is 1. The average Bonchev–Trinajstić information content (AvgIpc) is 2.37. The molecule has 0 amide bonds. The van der Waals surface area contributed by atoms with E-state index in [4.69, 9.17) is 0 Å². The Kier molecular flexibility index (Phi) is 3.57. The molecular weight excluding hydrogens is 274 g/mol. The zero-order valence-electron chi connectivity index (χ0n) is 10.3. The molecular formula is C14H9F4NO. The summed E-state index contributed by atoms with van der Waals surface area (Å²) in [6.07, 6.45) is -3.30. The number of halogens is 4. The summed E-state index contributed by atoms with van der Waals surface area (Å²) >= 11 is 0. The van der Waals surface area contributed by atoms with Gasteiger partial charge in [-0.15, -0.1) is 0 Å². The molecule has 0 unspecified atom stereocenters. The first-order valence-corrected chi connectivity index (χ1v) is 5.64. The van der Waals surface area contributed by atoms with Crippen molar-refractivity contribution in [2.75, 3.05) is 0 Å². The van der Waals surface area contributed by atoms with Gasteiger partial charge in [-0.3, -0.25) is 9.78 Å². The summed E-state index contributed by atoms with van der Waals surface area (Å²) < 4.78 is 50.7. The number of pyridine rings is 1. The third-order valence-corrected chi connectivity index (χ3v) is 2.79. The molecule has 20 heavy (non-hydrogen) atoms. The van der Waals surface area contributed by atoms with Crippen LogP contribution < -0.4 is 0 Å². The lowest BCUT2D eigenvalue weighted by Crippen LogP contribution is -2.11. The average molecular weight is 283 g/mol. The zero-order valence-corrected chi connectivity index (χ0v) is 10.3. The van der Waals surface area contributed by atoms with Crippen LogP contribution in [-0.2, 0) is 6.18 Å². The third-order valence-electron chi connectivity index (χ3n) is 2.79.